The van der Waals surface area contributed by atoms with E-state index in [4.69, 9.17) is 32.8 Å². The minimum absolute atomic E-state index is 0.0625. The molecule has 2 amide bonds. The van der Waals surface area contributed by atoms with Crippen molar-refractivity contribution < 1.29 is 37.5 Å². The van der Waals surface area contributed by atoms with E-state index in [1.54, 1.807) is 47.4 Å². The smallest absolute Gasteiger partial charge is 0.339 e. The highest BCUT2D eigenvalue weighted by Gasteiger charge is 2.49. The molecule has 2 aliphatic rings. The van der Waals surface area contributed by atoms with Crippen LogP contribution in [0.3, 0.4) is 0 Å². The van der Waals surface area contributed by atoms with Gasteiger partial charge in [0.05, 0.1) is 31.9 Å². The molecule has 4 atom stereocenters. The lowest BCUT2D eigenvalue weighted by Crippen LogP contribution is -2.59. The number of halogens is 2. The van der Waals surface area contributed by atoms with E-state index in [-0.39, 0.29) is 28.8 Å². The molecular weight excluding hydrogens is 657 g/mol. The molecular formula is C32H33Cl2N3O8S. The molecule has 5 rings (SSSR count). The maximum atomic E-state index is 14.4. The molecule has 1 fully saturated rings. The van der Waals surface area contributed by atoms with Crippen LogP contribution in [0, 0.1) is 0 Å². The van der Waals surface area contributed by atoms with Crippen molar-refractivity contribution in [2.24, 2.45) is 0 Å². The number of amides is 2. The highest BCUT2D eigenvalue weighted by atomic mass is 35.5. The molecule has 0 aromatic heterocycles. The number of sulfonamides is 1. The molecule has 244 valence electrons. The zero-order valence-electron chi connectivity index (χ0n) is 25.0. The number of hydroxylamine groups is 1. The van der Waals surface area contributed by atoms with Crippen molar-refractivity contribution in [3.05, 3.63) is 98.5 Å². The zero-order chi connectivity index (χ0) is 33.2. The summed E-state index contributed by atoms with van der Waals surface area (Å²) >= 11 is 13.0. The minimum Gasteiger partial charge on any atom is -0.496 e. The number of rotatable bonds is 10. The lowest BCUT2D eigenvalue weighted by atomic mass is 9.76. The Balaban J connectivity index is 1.55. The van der Waals surface area contributed by atoms with Gasteiger partial charge in [0.15, 0.2) is 0 Å². The molecule has 11 nitrogen and oxygen atoms in total. The third-order valence-electron chi connectivity index (χ3n) is 8.30. The van der Waals surface area contributed by atoms with E-state index in [0.29, 0.717) is 40.1 Å². The summed E-state index contributed by atoms with van der Waals surface area (Å²) in [6, 6.07) is 13.9. The number of fused-ring (bicyclic) bond motifs is 1. The average molecular weight is 691 g/mol. The fourth-order valence-electron chi connectivity index (χ4n) is 6.39. The van der Waals surface area contributed by atoms with E-state index in [1.807, 2.05) is 0 Å². The van der Waals surface area contributed by atoms with Crippen LogP contribution in [-0.2, 0) is 26.3 Å². The monoisotopic (exact) mass is 689 g/mol. The lowest BCUT2D eigenvalue weighted by Gasteiger charge is -2.49. The molecule has 0 saturated heterocycles. The molecule has 3 aromatic rings. The Labute approximate surface area is 276 Å². The van der Waals surface area contributed by atoms with E-state index < -0.39 is 45.9 Å². The molecule has 1 heterocycles. The summed E-state index contributed by atoms with van der Waals surface area (Å²) in [5.74, 6) is -2.98. The van der Waals surface area contributed by atoms with Gasteiger partial charge in [-0.15, -0.1) is 0 Å². The number of nitrogens with one attached hydrogen (secondary N) is 2. The second kappa shape index (κ2) is 14.0. The van der Waals surface area contributed by atoms with Crippen LogP contribution in [0.15, 0.2) is 60.7 Å². The van der Waals surface area contributed by atoms with Gasteiger partial charge in [-0.1, -0.05) is 66.4 Å². The van der Waals surface area contributed by atoms with Crippen molar-refractivity contribution in [2.75, 3.05) is 13.4 Å². The predicted octanol–water partition coefficient (Wildman–Crippen LogP) is 5.09. The molecule has 3 aromatic carbocycles. The summed E-state index contributed by atoms with van der Waals surface area (Å²) in [6.45, 7) is -0.164. The number of ether oxygens (including phenoxy) is 1. The number of aromatic carboxylic acids is 1. The molecule has 0 radical (unpaired) electrons. The van der Waals surface area contributed by atoms with Gasteiger partial charge < -0.3 is 14.7 Å². The lowest BCUT2D eigenvalue weighted by molar-refractivity contribution is -0.138. The van der Waals surface area contributed by atoms with Gasteiger partial charge in [0.25, 0.3) is 11.8 Å². The molecule has 1 aliphatic carbocycles. The van der Waals surface area contributed by atoms with Crippen LogP contribution in [0.1, 0.15) is 75.0 Å². The minimum atomic E-state index is -3.63. The van der Waals surface area contributed by atoms with Gasteiger partial charge in [-0.25, -0.2) is 23.4 Å². The molecule has 0 spiro atoms. The predicted molar refractivity (Wildman–Crippen MR) is 171 cm³/mol. The van der Waals surface area contributed by atoms with Crippen LogP contribution < -0.4 is 14.9 Å². The second-order valence-electron chi connectivity index (χ2n) is 11.3. The van der Waals surface area contributed by atoms with Crippen LogP contribution in [0.4, 0.5) is 0 Å². The quantitative estimate of drug-likeness (QED) is 0.249. The largest absolute Gasteiger partial charge is 0.496 e. The number of carboxylic acids is 1. The Hall–Kier alpha value is -3.68. The van der Waals surface area contributed by atoms with E-state index in [2.05, 4.69) is 10.2 Å². The molecule has 14 heteroatoms. The highest BCUT2D eigenvalue weighted by molar-refractivity contribution is 7.88. The first-order valence-corrected chi connectivity index (χ1v) is 17.2. The SMILES string of the molecule is COc1ccc(CONC(=O)[C@@H]2c3ccccc3C(=O)N([C@H]3CCCC[C@@H]3NS(C)(=O)=O)[C@H]2c2ccc(Cl)cc2Cl)cc1C(=O)O. The number of carboxylic acid groups (broad SMARTS) is 1. The van der Waals surface area contributed by atoms with Crippen molar-refractivity contribution >= 4 is 51.0 Å². The van der Waals surface area contributed by atoms with Crippen molar-refractivity contribution in [3.8, 4) is 5.75 Å². The molecule has 3 N–H and O–H groups in total. The van der Waals surface area contributed by atoms with Crippen molar-refractivity contribution in [3.63, 3.8) is 0 Å². The Bertz CT molecular complexity index is 1770. The van der Waals surface area contributed by atoms with Gasteiger partial charge in [0.2, 0.25) is 10.0 Å². The number of carbonyl (C=O) groups excluding carboxylic acids is 2. The number of nitrogens with zero attached hydrogens (tertiary/aromatic N) is 1. The summed E-state index contributed by atoms with van der Waals surface area (Å²) < 4.78 is 32.6. The molecule has 1 aliphatic heterocycles. The Morgan fingerprint density at radius 2 is 1.76 bits per heavy atom. The molecule has 0 bridgehead atoms. The standard InChI is InChI=1S/C32H33Cl2N3O8S/c1-44-27-14-11-18(15-23(27)32(40)41)17-45-35-30(38)28-20-7-3-4-8-21(20)31(39)37(29(28)22-13-12-19(33)16-24(22)34)26-10-6-5-9-25(26)36-46(2,42)43/h3-4,7-8,11-16,25-26,28-29,36H,5-6,9-10,17H2,1-2H3,(H,35,38)(H,40,41)/t25-,26-,28+,29-/m0/s1. The van der Waals surface area contributed by atoms with Crippen LogP contribution in [0.2, 0.25) is 10.0 Å². The van der Waals surface area contributed by atoms with Gasteiger partial charge in [-0.05, 0) is 59.9 Å². The van der Waals surface area contributed by atoms with E-state index in [9.17, 15) is 27.9 Å². The summed E-state index contributed by atoms with van der Waals surface area (Å²) in [5.41, 5.74) is 4.11. The molecule has 46 heavy (non-hydrogen) atoms. The summed E-state index contributed by atoms with van der Waals surface area (Å²) in [4.78, 5) is 47.4. The summed E-state index contributed by atoms with van der Waals surface area (Å²) in [7, 11) is -2.26. The topological polar surface area (TPSA) is 151 Å². The fraction of sp³-hybridized carbons (Fsp3) is 0.344. The van der Waals surface area contributed by atoms with Gasteiger partial charge >= 0.3 is 5.97 Å². The van der Waals surface area contributed by atoms with E-state index in [0.717, 1.165) is 19.1 Å². The number of hydrogen-bond acceptors (Lipinski definition) is 7. The summed E-state index contributed by atoms with van der Waals surface area (Å²) in [6.07, 6.45) is 3.59. The van der Waals surface area contributed by atoms with Crippen LogP contribution >= 0.6 is 23.2 Å². The van der Waals surface area contributed by atoms with Crippen molar-refractivity contribution in [1.82, 2.24) is 15.1 Å². The Morgan fingerprint density at radius 1 is 1.02 bits per heavy atom. The van der Waals surface area contributed by atoms with Crippen LogP contribution in [-0.4, -0.2) is 61.7 Å². The normalized spacial score (nSPS) is 21.4. The van der Waals surface area contributed by atoms with E-state index >= 15 is 0 Å². The van der Waals surface area contributed by atoms with Gasteiger partial charge in [0.1, 0.15) is 11.3 Å². The first kappa shape index (κ1) is 33.7. The summed E-state index contributed by atoms with van der Waals surface area (Å²) in [5, 5.41) is 10.1. The van der Waals surface area contributed by atoms with Crippen LogP contribution in [0.25, 0.3) is 0 Å². The number of hydrogen-bond donors (Lipinski definition) is 3. The molecule has 1 saturated carbocycles. The Morgan fingerprint density at radius 3 is 2.46 bits per heavy atom. The van der Waals surface area contributed by atoms with Gasteiger partial charge in [0, 0.05) is 27.7 Å². The maximum Gasteiger partial charge on any atom is 0.339 e. The van der Waals surface area contributed by atoms with Gasteiger partial charge in [-0.2, -0.15) is 0 Å². The first-order valence-electron chi connectivity index (χ1n) is 14.5. The van der Waals surface area contributed by atoms with Crippen molar-refractivity contribution in [1.29, 1.82) is 0 Å². The second-order valence-corrected chi connectivity index (χ2v) is 14.0. The van der Waals surface area contributed by atoms with E-state index in [1.165, 1.54) is 25.3 Å². The number of carbonyl (C=O) groups is 3. The zero-order valence-corrected chi connectivity index (χ0v) is 27.4. The van der Waals surface area contributed by atoms with Crippen molar-refractivity contribution in [2.45, 2.75) is 56.3 Å². The molecule has 0 unspecified atom stereocenters. The Kier molecular flexibility index (Phi) is 10.2. The maximum absolute atomic E-state index is 14.4. The average Bonchev–Trinajstić information content (AvgIpc) is 3.00. The van der Waals surface area contributed by atoms with Gasteiger partial charge in [-0.3, -0.25) is 14.4 Å². The third kappa shape index (κ3) is 7.16. The third-order valence-corrected chi connectivity index (χ3v) is 9.59. The number of benzene rings is 3. The highest BCUT2D eigenvalue weighted by Crippen LogP contribution is 2.48. The fourth-order valence-corrected chi connectivity index (χ4v) is 7.74. The first-order chi connectivity index (χ1) is 21.9. The number of methoxy groups -OCH3 is 1. The van der Waals surface area contributed by atoms with Crippen LogP contribution in [0.5, 0.6) is 5.75 Å².